The summed E-state index contributed by atoms with van der Waals surface area (Å²) in [7, 11) is 0. The molecule has 2 rings (SSSR count). The number of rotatable bonds is 1. The second-order valence-corrected chi connectivity index (χ2v) is 3.48. The maximum Gasteiger partial charge on any atom is 0.287 e. The lowest BCUT2D eigenvalue weighted by Crippen LogP contribution is -2.13. The first kappa shape index (κ1) is 9.73. The molecule has 0 amide bonds. The van der Waals surface area contributed by atoms with Gasteiger partial charge in [-0.3, -0.25) is 4.79 Å². The molecule has 15 heavy (non-hydrogen) atoms. The summed E-state index contributed by atoms with van der Waals surface area (Å²) in [5.41, 5.74) is 6.63. The fourth-order valence-electron chi connectivity index (χ4n) is 1.22. The number of hydrogen-bond donors (Lipinski definition) is 2. The van der Waals surface area contributed by atoms with Crippen LogP contribution in [0.2, 0.25) is 5.02 Å². The number of benzene rings is 1. The van der Waals surface area contributed by atoms with Gasteiger partial charge in [-0.05, 0) is 18.2 Å². The Balaban J connectivity index is 2.55. The van der Waals surface area contributed by atoms with Crippen molar-refractivity contribution < 1.29 is 0 Å². The van der Waals surface area contributed by atoms with Gasteiger partial charge in [-0.1, -0.05) is 23.7 Å². The van der Waals surface area contributed by atoms with Crippen LogP contribution in [0.4, 0.5) is 5.69 Å². The highest BCUT2D eigenvalue weighted by Gasteiger charge is 2.02. The summed E-state index contributed by atoms with van der Waals surface area (Å²) in [6.07, 6.45) is 0. The van der Waals surface area contributed by atoms with E-state index in [9.17, 15) is 4.79 Å². The average Bonchev–Trinajstić information content (AvgIpc) is 2.22. The molecule has 0 aliphatic rings. The SMILES string of the molecule is Nc1cc(-c2cccc(Cl)c2)n[nH]c1=O. The number of nitrogens with one attached hydrogen (secondary N) is 1. The molecule has 76 valence electrons. The molecule has 0 bridgehead atoms. The lowest BCUT2D eigenvalue weighted by atomic mass is 10.1. The number of H-pyrrole nitrogens is 1. The molecule has 1 heterocycles. The monoisotopic (exact) mass is 221 g/mol. The molecular formula is C10H8ClN3O. The predicted octanol–water partition coefficient (Wildman–Crippen LogP) is 1.67. The molecule has 0 atom stereocenters. The van der Waals surface area contributed by atoms with Crippen LogP contribution >= 0.6 is 11.6 Å². The van der Waals surface area contributed by atoms with Crippen LogP contribution in [0.15, 0.2) is 35.1 Å². The molecule has 3 N–H and O–H groups in total. The van der Waals surface area contributed by atoms with E-state index in [0.29, 0.717) is 10.7 Å². The molecule has 1 aromatic heterocycles. The van der Waals surface area contributed by atoms with Gasteiger partial charge in [0.1, 0.15) is 5.69 Å². The van der Waals surface area contributed by atoms with Crippen molar-refractivity contribution in [3.8, 4) is 11.3 Å². The Morgan fingerprint density at radius 1 is 1.33 bits per heavy atom. The standard InChI is InChI=1S/C10H8ClN3O/c11-7-3-1-2-6(4-7)9-5-8(12)10(15)14-13-9/h1-5H,(H2,12,13)(H,14,15). The number of nitrogens with two attached hydrogens (primary N) is 1. The second-order valence-electron chi connectivity index (χ2n) is 3.05. The van der Waals surface area contributed by atoms with Gasteiger partial charge in [-0.25, -0.2) is 5.10 Å². The molecule has 0 saturated carbocycles. The minimum atomic E-state index is -0.388. The zero-order chi connectivity index (χ0) is 10.8. The molecule has 2 aromatic rings. The van der Waals surface area contributed by atoms with Crippen molar-refractivity contribution in [3.63, 3.8) is 0 Å². The van der Waals surface area contributed by atoms with Gasteiger partial charge in [0.25, 0.3) is 5.56 Å². The maximum absolute atomic E-state index is 11.0. The first-order valence-electron chi connectivity index (χ1n) is 4.28. The molecule has 0 aliphatic carbocycles. The van der Waals surface area contributed by atoms with Crippen molar-refractivity contribution in [3.05, 3.63) is 45.7 Å². The van der Waals surface area contributed by atoms with Crippen LogP contribution in [0, 0.1) is 0 Å². The van der Waals surface area contributed by atoms with E-state index in [0.717, 1.165) is 5.56 Å². The average molecular weight is 222 g/mol. The number of nitrogens with zero attached hydrogens (tertiary/aromatic N) is 1. The minimum absolute atomic E-state index is 0.139. The summed E-state index contributed by atoms with van der Waals surface area (Å²) in [6.45, 7) is 0. The molecule has 5 heteroatoms. The van der Waals surface area contributed by atoms with Crippen molar-refractivity contribution >= 4 is 17.3 Å². The Kier molecular flexibility index (Phi) is 2.43. The van der Waals surface area contributed by atoms with Crippen LogP contribution in [0.3, 0.4) is 0 Å². The zero-order valence-corrected chi connectivity index (χ0v) is 8.45. The Morgan fingerprint density at radius 3 is 2.80 bits per heavy atom. The Labute approximate surface area is 90.7 Å². The van der Waals surface area contributed by atoms with Gasteiger partial charge in [0.05, 0.1) is 5.69 Å². The van der Waals surface area contributed by atoms with Crippen molar-refractivity contribution in [1.29, 1.82) is 0 Å². The number of hydrogen-bond acceptors (Lipinski definition) is 3. The normalized spacial score (nSPS) is 10.2. The lowest BCUT2D eigenvalue weighted by molar-refractivity contribution is 1.000. The minimum Gasteiger partial charge on any atom is -0.394 e. The Morgan fingerprint density at radius 2 is 2.13 bits per heavy atom. The van der Waals surface area contributed by atoms with Crippen molar-refractivity contribution in [2.24, 2.45) is 0 Å². The highest BCUT2D eigenvalue weighted by molar-refractivity contribution is 6.30. The molecule has 0 spiro atoms. The van der Waals surface area contributed by atoms with Crippen LogP contribution in [-0.4, -0.2) is 10.2 Å². The molecule has 0 unspecified atom stereocenters. The van der Waals surface area contributed by atoms with E-state index in [1.807, 2.05) is 6.07 Å². The van der Waals surface area contributed by atoms with Crippen molar-refractivity contribution in [2.75, 3.05) is 5.73 Å². The first-order valence-corrected chi connectivity index (χ1v) is 4.66. The highest BCUT2D eigenvalue weighted by atomic mass is 35.5. The van der Waals surface area contributed by atoms with Crippen LogP contribution in [0.25, 0.3) is 11.3 Å². The van der Waals surface area contributed by atoms with E-state index < -0.39 is 0 Å². The van der Waals surface area contributed by atoms with Crippen LogP contribution < -0.4 is 11.3 Å². The third-order valence-electron chi connectivity index (χ3n) is 1.95. The van der Waals surface area contributed by atoms with E-state index >= 15 is 0 Å². The van der Waals surface area contributed by atoms with E-state index in [1.165, 1.54) is 6.07 Å². The van der Waals surface area contributed by atoms with Gasteiger partial charge in [0.2, 0.25) is 0 Å². The second kappa shape index (κ2) is 3.74. The van der Waals surface area contributed by atoms with Gasteiger partial charge in [0.15, 0.2) is 0 Å². The summed E-state index contributed by atoms with van der Waals surface area (Å²) >= 11 is 5.83. The van der Waals surface area contributed by atoms with E-state index in [-0.39, 0.29) is 11.2 Å². The van der Waals surface area contributed by atoms with E-state index in [2.05, 4.69) is 10.2 Å². The molecule has 4 nitrogen and oxygen atoms in total. The fraction of sp³-hybridized carbons (Fsp3) is 0. The Hall–Kier alpha value is -1.81. The van der Waals surface area contributed by atoms with E-state index in [4.69, 9.17) is 17.3 Å². The third-order valence-corrected chi connectivity index (χ3v) is 2.19. The number of aromatic nitrogens is 2. The number of halogens is 1. The Bertz CT molecular complexity index is 550. The fourth-order valence-corrected chi connectivity index (χ4v) is 1.41. The summed E-state index contributed by atoms with van der Waals surface area (Å²) in [4.78, 5) is 11.0. The van der Waals surface area contributed by atoms with Gasteiger partial charge in [-0.2, -0.15) is 5.10 Å². The predicted molar refractivity (Wildman–Crippen MR) is 59.7 cm³/mol. The zero-order valence-electron chi connectivity index (χ0n) is 7.70. The number of anilines is 1. The summed E-state index contributed by atoms with van der Waals surface area (Å²) in [5.74, 6) is 0. The van der Waals surface area contributed by atoms with Gasteiger partial charge >= 0.3 is 0 Å². The lowest BCUT2D eigenvalue weighted by Gasteiger charge is -2.01. The topological polar surface area (TPSA) is 71.8 Å². The molecular weight excluding hydrogens is 214 g/mol. The summed E-state index contributed by atoms with van der Waals surface area (Å²) in [5, 5.41) is 6.80. The molecule has 0 saturated heterocycles. The molecule has 1 aromatic carbocycles. The number of aromatic amines is 1. The first-order chi connectivity index (χ1) is 7.16. The smallest absolute Gasteiger partial charge is 0.287 e. The van der Waals surface area contributed by atoms with Crippen LogP contribution in [-0.2, 0) is 0 Å². The molecule has 0 aliphatic heterocycles. The van der Waals surface area contributed by atoms with Gasteiger partial charge < -0.3 is 5.73 Å². The summed E-state index contributed by atoms with van der Waals surface area (Å²) in [6, 6.07) is 8.68. The third kappa shape index (κ3) is 1.99. The van der Waals surface area contributed by atoms with Gasteiger partial charge in [-0.15, -0.1) is 0 Å². The largest absolute Gasteiger partial charge is 0.394 e. The van der Waals surface area contributed by atoms with Crippen molar-refractivity contribution in [2.45, 2.75) is 0 Å². The van der Waals surface area contributed by atoms with Gasteiger partial charge in [0, 0.05) is 10.6 Å². The molecule has 0 fully saturated rings. The maximum atomic E-state index is 11.0. The van der Waals surface area contributed by atoms with Crippen LogP contribution in [0.1, 0.15) is 0 Å². The quantitative estimate of drug-likeness (QED) is 0.770. The van der Waals surface area contributed by atoms with Crippen LogP contribution in [0.5, 0.6) is 0 Å². The summed E-state index contributed by atoms with van der Waals surface area (Å²) < 4.78 is 0. The van der Waals surface area contributed by atoms with E-state index in [1.54, 1.807) is 18.2 Å². The molecule has 0 radical (unpaired) electrons. The van der Waals surface area contributed by atoms with Crippen molar-refractivity contribution in [1.82, 2.24) is 10.2 Å². The number of nitrogen functional groups attached to an aromatic ring is 1. The highest BCUT2D eigenvalue weighted by Crippen LogP contribution is 2.20.